The van der Waals surface area contributed by atoms with Gasteiger partial charge in [0.25, 0.3) is 0 Å². The van der Waals surface area contributed by atoms with Crippen LogP contribution in [0.4, 0.5) is 0 Å². The van der Waals surface area contributed by atoms with Crippen LogP contribution < -0.4 is 4.74 Å². The third kappa shape index (κ3) is 5.37. The van der Waals surface area contributed by atoms with Gasteiger partial charge in [-0.15, -0.1) is 0 Å². The summed E-state index contributed by atoms with van der Waals surface area (Å²) < 4.78 is 10.9. The summed E-state index contributed by atoms with van der Waals surface area (Å²) in [5.41, 5.74) is 0. The van der Waals surface area contributed by atoms with E-state index in [-0.39, 0.29) is 19.0 Å². The summed E-state index contributed by atoms with van der Waals surface area (Å²) in [4.78, 5) is 10.6. The molecule has 0 heterocycles. The second-order valence-electron chi connectivity index (χ2n) is 5.37. The number of rotatable bonds is 5. The van der Waals surface area contributed by atoms with Crippen molar-refractivity contribution in [1.82, 2.24) is 0 Å². The fourth-order valence-electron chi connectivity index (χ4n) is 1.86. The van der Waals surface area contributed by atoms with Gasteiger partial charge in [0, 0.05) is 20.3 Å². The zero-order valence-electron chi connectivity index (χ0n) is 13.1. The summed E-state index contributed by atoms with van der Waals surface area (Å²) in [5.74, 6) is -1.21. The first-order valence-corrected chi connectivity index (χ1v) is 8.06. The van der Waals surface area contributed by atoms with E-state index in [0.29, 0.717) is 5.75 Å². The summed E-state index contributed by atoms with van der Waals surface area (Å²) in [6.45, 7) is 2.96. The number of ether oxygens (including phenoxy) is 2. The van der Waals surface area contributed by atoms with Crippen LogP contribution in [0.2, 0.25) is 0 Å². The number of para-hydroxylation sites is 1. The Bertz CT molecular complexity index is 720. The van der Waals surface area contributed by atoms with Crippen LogP contribution in [0, 0.1) is 10.4 Å². The van der Waals surface area contributed by atoms with Crippen molar-refractivity contribution >= 4 is 21.9 Å². The molecular weight excluding hydrogens is 360 g/mol. The molecule has 2 aliphatic carbocycles. The van der Waals surface area contributed by atoms with E-state index in [1.165, 1.54) is 24.3 Å². The van der Waals surface area contributed by atoms with Gasteiger partial charge >= 0.3 is 5.97 Å². The Hall–Kier alpha value is -1.85. The quantitative estimate of drug-likeness (QED) is 0.542. The maximum absolute atomic E-state index is 10.6. The highest BCUT2D eigenvalue weighted by Gasteiger charge is 2.23. The fourth-order valence-corrected chi connectivity index (χ4v) is 2.23. The van der Waals surface area contributed by atoms with Gasteiger partial charge in [-0.3, -0.25) is 4.79 Å². The summed E-state index contributed by atoms with van der Waals surface area (Å²) >= 11 is 3.32. The molecule has 1 unspecified atom stereocenters. The van der Waals surface area contributed by atoms with Gasteiger partial charge in [0.05, 0.1) is 11.1 Å². The number of benzene rings is 2. The lowest BCUT2D eigenvalue weighted by Gasteiger charge is -2.25. The lowest BCUT2D eigenvalue weighted by Crippen LogP contribution is -2.33. The lowest BCUT2D eigenvalue weighted by atomic mass is 10.1. The topological polar surface area (TPSA) is 55.8 Å². The molecule has 122 valence electrons. The van der Waals surface area contributed by atoms with Gasteiger partial charge in [0.1, 0.15) is 5.75 Å². The van der Waals surface area contributed by atoms with Crippen molar-refractivity contribution < 1.29 is 19.4 Å². The van der Waals surface area contributed by atoms with Crippen LogP contribution in [0.3, 0.4) is 0 Å². The molecule has 2 aliphatic rings. The Labute approximate surface area is 143 Å². The number of halogens is 1. The third-order valence-corrected chi connectivity index (χ3v) is 3.91. The molecule has 0 amide bonds. The van der Waals surface area contributed by atoms with Gasteiger partial charge in [0.2, 0.25) is 5.79 Å². The molecule has 0 saturated carbocycles. The average Bonchev–Trinajstić information content (AvgIpc) is 2.45. The number of hydrogen-bond donors (Lipinski definition) is 1. The minimum absolute atomic E-state index is 0.118. The molecule has 1 N–H and O–H groups in total. The normalized spacial score (nSPS) is 13.2. The molecule has 1 atom stereocenters. The molecule has 0 aromatic heterocycles. The molecule has 23 heavy (non-hydrogen) atoms. The molecule has 0 spiro atoms. The van der Waals surface area contributed by atoms with Crippen molar-refractivity contribution in [2.24, 2.45) is 0 Å². The Balaban J connectivity index is 0.000000260. The van der Waals surface area contributed by atoms with E-state index in [1.807, 2.05) is 18.2 Å². The van der Waals surface area contributed by atoms with Gasteiger partial charge in [-0.05, 0) is 38.5 Å². The number of carbonyl (C=O) groups excluding carboxylic acids is 1. The molecule has 0 saturated heterocycles. The smallest absolute Gasteiger partial charge is 0.302 e. The predicted molar refractivity (Wildman–Crippen MR) is 90.8 cm³/mol. The molecule has 1 aromatic carbocycles. The van der Waals surface area contributed by atoms with E-state index in [4.69, 9.17) is 9.47 Å². The molecule has 4 nitrogen and oxygen atoms in total. The minimum Gasteiger partial charge on any atom is -0.466 e. The SMILES string of the molecule is CC(=O)OCCC(C)(O)Oc1ccccc1Br.c1cc2ccc1=2. The largest absolute Gasteiger partial charge is 0.466 e. The summed E-state index contributed by atoms with van der Waals surface area (Å²) in [6.07, 6.45) is 0.202. The number of carbonyl (C=O) groups is 1. The monoisotopic (exact) mass is 378 g/mol. The van der Waals surface area contributed by atoms with Crippen LogP contribution >= 0.6 is 15.9 Å². The van der Waals surface area contributed by atoms with Crippen LogP contribution in [0.15, 0.2) is 53.0 Å². The molecule has 1 aromatic rings. The summed E-state index contributed by atoms with van der Waals surface area (Å²) in [6, 6.07) is 15.7. The number of hydrogen-bond acceptors (Lipinski definition) is 4. The molecule has 5 heteroatoms. The van der Waals surface area contributed by atoms with Crippen molar-refractivity contribution in [3.63, 3.8) is 0 Å². The number of aliphatic hydroxyl groups is 1. The van der Waals surface area contributed by atoms with Crippen molar-refractivity contribution in [3.8, 4) is 5.75 Å². The van der Waals surface area contributed by atoms with Crippen LogP contribution in [0.5, 0.6) is 5.75 Å². The first-order valence-electron chi connectivity index (χ1n) is 7.27. The first kappa shape index (κ1) is 17.5. The zero-order chi connectivity index (χ0) is 16.9. The molecular formula is C18H19BrO4. The summed E-state index contributed by atoms with van der Waals surface area (Å²) in [5, 5.41) is 12.8. The average molecular weight is 379 g/mol. The van der Waals surface area contributed by atoms with Crippen molar-refractivity contribution in [1.29, 1.82) is 0 Å². The van der Waals surface area contributed by atoms with Gasteiger partial charge in [-0.2, -0.15) is 0 Å². The maximum atomic E-state index is 10.6. The van der Waals surface area contributed by atoms with E-state index in [2.05, 4.69) is 40.2 Å². The van der Waals surface area contributed by atoms with E-state index in [0.717, 1.165) is 4.47 Å². The number of esters is 1. The van der Waals surface area contributed by atoms with Crippen LogP contribution in [-0.4, -0.2) is 23.5 Å². The van der Waals surface area contributed by atoms with Crippen LogP contribution in [-0.2, 0) is 9.53 Å². The Kier molecular flexibility index (Phi) is 5.80. The Morgan fingerprint density at radius 1 is 1.13 bits per heavy atom. The first-order chi connectivity index (χ1) is 10.9. The fraction of sp³-hybridized carbons (Fsp3) is 0.278. The molecule has 0 aliphatic heterocycles. The van der Waals surface area contributed by atoms with E-state index >= 15 is 0 Å². The highest BCUT2D eigenvalue weighted by molar-refractivity contribution is 9.10. The molecule has 0 radical (unpaired) electrons. The standard InChI is InChI=1S/C12H15BrO4.C6H4/c1-9(14)16-8-7-12(2,15)17-11-6-4-3-5-10(11)13;1-2-6-4-3-5(1)6/h3-6,15H,7-8H2,1-2H3;1-4H. The maximum Gasteiger partial charge on any atom is 0.302 e. The highest BCUT2D eigenvalue weighted by Crippen LogP contribution is 2.27. The zero-order valence-corrected chi connectivity index (χ0v) is 14.7. The van der Waals surface area contributed by atoms with Crippen molar-refractivity contribution in [2.45, 2.75) is 26.1 Å². The second kappa shape index (κ2) is 7.62. The molecule has 0 fully saturated rings. The van der Waals surface area contributed by atoms with Crippen LogP contribution in [0.25, 0.3) is 0 Å². The van der Waals surface area contributed by atoms with Gasteiger partial charge in [-0.1, -0.05) is 36.4 Å². The third-order valence-electron chi connectivity index (χ3n) is 3.26. The summed E-state index contributed by atoms with van der Waals surface area (Å²) in [7, 11) is 0. The predicted octanol–water partition coefficient (Wildman–Crippen LogP) is 3.78. The Morgan fingerprint density at radius 2 is 1.70 bits per heavy atom. The van der Waals surface area contributed by atoms with Gasteiger partial charge < -0.3 is 14.6 Å². The Morgan fingerprint density at radius 3 is 2.13 bits per heavy atom. The van der Waals surface area contributed by atoms with E-state index < -0.39 is 5.79 Å². The molecule has 0 bridgehead atoms. The van der Waals surface area contributed by atoms with Crippen LogP contribution in [0.1, 0.15) is 20.3 Å². The van der Waals surface area contributed by atoms with Crippen molar-refractivity contribution in [3.05, 3.63) is 63.4 Å². The second-order valence-corrected chi connectivity index (χ2v) is 6.23. The van der Waals surface area contributed by atoms with Crippen molar-refractivity contribution in [2.75, 3.05) is 6.61 Å². The highest BCUT2D eigenvalue weighted by atomic mass is 79.9. The molecule has 3 rings (SSSR count). The van der Waals surface area contributed by atoms with E-state index in [9.17, 15) is 9.90 Å². The van der Waals surface area contributed by atoms with E-state index in [1.54, 1.807) is 6.07 Å². The lowest BCUT2D eigenvalue weighted by molar-refractivity contribution is -0.153. The van der Waals surface area contributed by atoms with Gasteiger partial charge in [-0.25, -0.2) is 0 Å². The minimum atomic E-state index is -1.38. The van der Waals surface area contributed by atoms with Gasteiger partial charge in [0.15, 0.2) is 0 Å².